The Bertz CT molecular complexity index is 1140. The van der Waals surface area contributed by atoms with Crippen molar-refractivity contribution in [2.75, 3.05) is 16.0 Å². The Hall–Kier alpha value is -3.11. The maximum absolute atomic E-state index is 13.9. The number of thioether (sulfide) groups is 1. The van der Waals surface area contributed by atoms with E-state index in [0.717, 1.165) is 17.4 Å². The molecular formula is C23H19F4N3OS2. The summed E-state index contributed by atoms with van der Waals surface area (Å²) >= 11 is 6.44. The Balaban J connectivity index is 1.68. The average Bonchev–Trinajstić information content (AvgIpc) is 2.79. The first-order valence-corrected chi connectivity index (χ1v) is 11.1. The molecule has 0 radical (unpaired) electrons. The van der Waals surface area contributed by atoms with Crippen molar-refractivity contribution >= 4 is 52.1 Å². The van der Waals surface area contributed by atoms with Gasteiger partial charge in [0.1, 0.15) is 5.69 Å². The van der Waals surface area contributed by atoms with Crippen LogP contribution in [-0.2, 0) is 4.79 Å². The number of para-hydroxylation sites is 1. The fourth-order valence-electron chi connectivity index (χ4n) is 2.84. The van der Waals surface area contributed by atoms with Crippen molar-refractivity contribution in [1.82, 2.24) is 0 Å². The molecule has 3 aromatic rings. The minimum Gasteiger partial charge on any atom is -0.332 e. The van der Waals surface area contributed by atoms with Crippen LogP contribution in [0.3, 0.4) is 0 Å². The summed E-state index contributed by atoms with van der Waals surface area (Å²) in [7, 11) is 0. The van der Waals surface area contributed by atoms with Crippen LogP contribution in [0.2, 0.25) is 0 Å². The number of thiocarbonyl (C=S) groups is 1. The molecule has 10 heteroatoms. The molecule has 3 rings (SSSR count). The maximum Gasteiger partial charge on any atom is 0.238 e. The SMILES string of the molecule is CCC(Sc1cccc(NC(=S)Nc2ccccc2)c1)C(=O)Nc1c(F)c(F)cc(F)c1F. The van der Waals surface area contributed by atoms with Gasteiger partial charge in [-0.05, 0) is 49.0 Å². The van der Waals surface area contributed by atoms with Crippen molar-refractivity contribution in [2.45, 2.75) is 23.5 Å². The van der Waals surface area contributed by atoms with Crippen LogP contribution in [0.4, 0.5) is 34.6 Å². The van der Waals surface area contributed by atoms with E-state index in [2.05, 4.69) is 10.6 Å². The molecule has 0 saturated heterocycles. The molecular weight excluding hydrogens is 474 g/mol. The van der Waals surface area contributed by atoms with Crippen LogP contribution < -0.4 is 16.0 Å². The molecule has 1 amide bonds. The fraction of sp³-hybridized carbons (Fsp3) is 0.130. The highest BCUT2D eigenvalue weighted by Crippen LogP contribution is 2.30. The van der Waals surface area contributed by atoms with E-state index in [9.17, 15) is 22.4 Å². The highest BCUT2D eigenvalue weighted by Gasteiger charge is 2.25. The molecule has 0 bridgehead atoms. The number of anilines is 3. The topological polar surface area (TPSA) is 53.2 Å². The van der Waals surface area contributed by atoms with Crippen LogP contribution in [0.25, 0.3) is 0 Å². The van der Waals surface area contributed by atoms with E-state index in [1.807, 2.05) is 35.6 Å². The van der Waals surface area contributed by atoms with Gasteiger partial charge in [0.25, 0.3) is 0 Å². The smallest absolute Gasteiger partial charge is 0.238 e. The van der Waals surface area contributed by atoms with E-state index in [-0.39, 0.29) is 6.07 Å². The molecule has 0 saturated carbocycles. The lowest BCUT2D eigenvalue weighted by molar-refractivity contribution is -0.115. The van der Waals surface area contributed by atoms with Crippen molar-refractivity contribution in [2.24, 2.45) is 0 Å². The molecule has 3 aromatic carbocycles. The molecule has 1 unspecified atom stereocenters. The van der Waals surface area contributed by atoms with E-state index in [1.165, 1.54) is 0 Å². The minimum atomic E-state index is -1.66. The zero-order valence-corrected chi connectivity index (χ0v) is 18.9. The summed E-state index contributed by atoms with van der Waals surface area (Å²) < 4.78 is 54.6. The van der Waals surface area contributed by atoms with Gasteiger partial charge in [-0.1, -0.05) is 31.2 Å². The standard InChI is InChI=1S/C23H19F4N3OS2/c1-2-18(22(31)30-21-19(26)16(24)12-17(25)20(21)27)33-15-10-6-9-14(11-15)29-23(32)28-13-7-4-3-5-8-13/h3-12,18H,2H2,1H3,(H,30,31)(H2,28,29,32). The van der Waals surface area contributed by atoms with Gasteiger partial charge in [-0.2, -0.15) is 0 Å². The molecule has 0 spiro atoms. The maximum atomic E-state index is 13.9. The molecule has 3 N–H and O–H groups in total. The van der Waals surface area contributed by atoms with E-state index in [4.69, 9.17) is 12.2 Å². The van der Waals surface area contributed by atoms with Crippen LogP contribution in [0, 0.1) is 23.3 Å². The quantitative estimate of drug-likeness (QED) is 0.151. The summed E-state index contributed by atoms with van der Waals surface area (Å²) in [6.07, 6.45) is 0.295. The predicted molar refractivity (Wildman–Crippen MR) is 128 cm³/mol. The number of carbonyl (C=O) groups excluding carboxylic acids is 1. The summed E-state index contributed by atoms with van der Waals surface area (Å²) in [4.78, 5) is 13.3. The first-order chi connectivity index (χ1) is 15.8. The molecule has 0 aliphatic rings. The Morgan fingerprint density at radius 1 is 0.879 bits per heavy atom. The number of benzene rings is 3. The van der Waals surface area contributed by atoms with Gasteiger partial charge in [-0.25, -0.2) is 17.6 Å². The lowest BCUT2D eigenvalue weighted by Gasteiger charge is -2.17. The van der Waals surface area contributed by atoms with Crippen LogP contribution in [0.5, 0.6) is 0 Å². The Morgan fingerprint density at radius 3 is 2.12 bits per heavy atom. The zero-order valence-electron chi connectivity index (χ0n) is 17.3. The van der Waals surface area contributed by atoms with Crippen LogP contribution in [0.1, 0.15) is 13.3 Å². The highest BCUT2D eigenvalue weighted by atomic mass is 32.2. The van der Waals surface area contributed by atoms with E-state index >= 15 is 0 Å². The average molecular weight is 494 g/mol. The lowest BCUT2D eigenvalue weighted by Crippen LogP contribution is -2.26. The predicted octanol–water partition coefficient (Wildman–Crippen LogP) is 6.56. The second kappa shape index (κ2) is 11.2. The van der Waals surface area contributed by atoms with Crippen molar-refractivity contribution in [1.29, 1.82) is 0 Å². The van der Waals surface area contributed by atoms with Gasteiger partial charge in [-0.15, -0.1) is 11.8 Å². The summed E-state index contributed by atoms with van der Waals surface area (Å²) in [6.45, 7) is 1.71. The van der Waals surface area contributed by atoms with Gasteiger partial charge < -0.3 is 16.0 Å². The van der Waals surface area contributed by atoms with E-state index in [1.54, 1.807) is 31.2 Å². The summed E-state index contributed by atoms with van der Waals surface area (Å²) in [6, 6.07) is 16.5. The Kier molecular flexibility index (Phi) is 8.29. The molecule has 0 heterocycles. The van der Waals surface area contributed by atoms with Gasteiger partial charge in [0, 0.05) is 22.3 Å². The van der Waals surface area contributed by atoms with Crippen LogP contribution >= 0.6 is 24.0 Å². The first-order valence-electron chi connectivity index (χ1n) is 9.82. The first kappa shape index (κ1) is 24.5. The number of hydrogen-bond donors (Lipinski definition) is 3. The van der Waals surface area contributed by atoms with Gasteiger partial charge >= 0.3 is 0 Å². The third-order valence-corrected chi connectivity index (χ3v) is 5.99. The molecule has 0 fully saturated rings. The Labute approximate surface area is 197 Å². The monoisotopic (exact) mass is 493 g/mol. The lowest BCUT2D eigenvalue weighted by atomic mass is 10.2. The fourth-order valence-corrected chi connectivity index (χ4v) is 4.08. The number of rotatable bonds is 7. The van der Waals surface area contributed by atoms with Gasteiger partial charge in [-0.3, -0.25) is 4.79 Å². The molecule has 0 aliphatic heterocycles. The van der Waals surface area contributed by atoms with Gasteiger partial charge in [0.15, 0.2) is 28.4 Å². The van der Waals surface area contributed by atoms with Crippen LogP contribution in [0.15, 0.2) is 65.6 Å². The van der Waals surface area contributed by atoms with Crippen molar-refractivity contribution in [3.63, 3.8) is 0 Å². The van der Waals surface area contributed by atoms with E-state index < -0.39 is 40.1 Å². The third kappa shape index (κ3) is 6.45. The molecule has 4 nitrogen and oxygen atoms in total. The molecule has 0 aliphatic carbocycles. The highest BCUT2D eigenvalue weighted by molar-refractivity contribution is 8.00. The van der Waals surface area contributed by atoms with Crippen molar-refractivity contribution < 1.29 is 22.4 Å². The normalized spacial score (nSPS) is 11.5. The molecule has 33 heavy (non-hydrogen) atoms. The summed E-state index contributed by atoms with van der Waals surface area (Å²) in [5.74, 6) is -7.29. The largest absolute Gasteiger partial charge is 0.332 e. The zero-order chi connectivity index (χ0) is 24.0. The number of amides is 1. The number of carbonyl (C=O) groups is 1. The number of hydrogen-bond acceptors (Lipinski definition) is 3. The Morgan fingerprint density at radius 2 is 1.48 bits per heavy atom. The molecule has 0 aromatic heterocycles. The second-order valence-corrected chi connectivity index (χ2v) is 8.50. The van der Waals surface area contributed by atoms with Crippen molar-refractivity contribution in [3.05, 3.63) is 83.9 Å². The van der Waals surface area contributed by atoms with Crippen molar-refractivity contribution in [3.8, 4) is 0 Å². The molecule has 172 valence electrons. The number of nitrogens with one attached hydrogen (secondary N) is 3. The van der Waals surface area contributed by atoms with Crippen LogP contribution in [-0.4, -0.2) is 16.3 Å². The van der Waals surface area contributed by atoms with Gasteiger partial charge in [0.2, 0.25) is 5.91 Å². The summed E-state index contributed by atoms with van der Waals surface area (Å²) in [5, 5.41) is 7.65. The van der Waals surface area contributed by atoms with Gasteiger partial charge in [0.05, 0.1) is 5.25 Å². The number of halogens is 4. The minimum absolute atomic E-state index is 0.0853. The molecule has 1 atom stereocenters. The second-order valence-electron chi connectivity index (χ2n) is 6.82. The third-order valence-electron chi connectivity index (χ3n) is 4.43. The van der Waals surface area contributed by atoms with E-state index in [0.29, 0.717) is 22.1 Å². The summed E-state index contributed by atoms with van der Waals surface area (Å²) in [5.41, 5.74) is 0.328.